The number of unbranched alkanes of at least 4 members (excludes halogenated alkanes) is 15. The normalized spacial score (nSPS) is 28.5. The molecule has 92 heavy (non-hydrogen) atoms. The fourth-order valence-corrected chi connectivity index (χ4v) is 10.9. The van der Waals surface area contributed by atoms with E-state index in [0.29, 0.717) is 12.8 Å². The molecule has 0 aromatic rings. The lowest BCUT2D eigenvalue weighted by molar-refractivity contribution is -0.379. The van der Waals surface area contributed by atoms with Crippen molar-refractivity contribution in [2.45, 2.75) is 304 Å². The van der Waals surface area contributed by atoms with Gasteiger partial charge in [0.15, 0.2) is 18.9 Å². The number of nitrogens with one attached hydrogen (secondary N) is 1. The van der Waals surface area contributed by atoms with Crippen LogP contribution in [-0.4, -0.2) is 193 Å². The quantitative estimate of drug-likeness (QED) is 0.0199. The standard InChI is InChI=1S/C73H121NO18/c1-3-5-7-9-11-13-14-15-16-17-18-19-20-21-22-23-24-25-26-27-28-29-30-31-32-33-34-35-36-37-38-39-40-41-42-43-45-47-49-51-61(79)74-56(57(78)50-48-46-44-12-10-8-6-4-2)55-87-71-67(85)64(82)69(59(53-76)89-71)92-73-68(86)65(83)70(60(54-77)90-73)91-72-66(84)63(81)62(80)58(52-75)88-72/h5,7,11,13,15-16,18-19,21-22,24-25,27-28,30-31,33-34,36-37,56-60,62-73,75-78,80-86H,3-4,6,8-10,12,14,17,20,23,26,29,32,35,38-55H2,1-2H3,(H,74,79)/b7-5-,13-11-,16-15-,19-18-,22-21-,25-24-,28-27-,31-30-,34-33-,37-36-. The topological polar surface area (TPSA) is 307 Å². The van der Waals surface area contributed by atoms with Gasteiger partial charge in [-0.05, 0) is 89.9 Å². The van der Waals surface area contributed by atoms with E-state index in [2.05, 4.69) is 141 Å². The summed E-state index contributed by atoms with van der Waals surface area (Å²) in [5.74, 6) is -0.261. The number of aliphatic hydroxyl groups excluding tert-OH is 11. The van der Waals surface area contributed by atoms with Gasteiger partial charge in [0, 0.05) is 6.42 Å². The monoisotopic (exact) mass is 1300 g/mol. The zero-order valence-corrected chi connectivity index (χ0v) is 55.5. The molecule has 12 N–H and O–H groups in total. The maximum atomic E-state index is 13.3. The second kappa shape index (κ2) is 53.3. The SMILES string of the molecule is CC/C=C\C/C=C\C/C=C\C/C=C\C/C=C\C/C=C\C/C=C\C/C=C\C/C=C\C/C=C\CCCCCCCCCCC(=O)NC(COC1OC(CO)C(OC2OC(CO)C(OC3OC(CO)C(O)C(O)C3O)C(O)C2O)C(O)C1O)C(O)CCCCCCCCCC. The van der Waals surface area contributed by atoms with Crippen molar-refractivity contribution in [2.75, 3.05) is 26.4 Å². The predicted octanol–water partition coefficient (Wildman–Crippen LogP) is 9.21. The summed E-state index contributed by atoms with van der Waals surface area (Å²) >= 11 is 0. The Bertz CT molecular complexity index is 2140. The molecule has 3 rings (SSSR count). The number of hydrogen-bond donors (Lipinski definition) is 12. The maximum Gasteiger partial charge on any atom is 0.220 e. The van der Waals surface area contributed by atoms with Crippen LogP contribution in [0.4, 0.5) is 0 Å². The van der Waals surface area contributed by atoms with E-state index in [1.54, 1.807) is 0 Å². The summed E-state index contributed by atoms with van der Waals surface area (Å²) in [7, 11) is 0. The molecule has 0 saturated carbocycles. The number of rotatable bonds is 51. The van der Waals surface area contributed by atoms with E-state index in [-0.39, 0.29) is 18.9 Å². The molecule has 19 heteroatoms. The molecule has 3 fully saturated rings. The van der Waals surface area contributed by atoms with Gasteiger partial charge < -0.3 is 89.9 Å². The molecule has 3 aliphatic rings. The van der Waals surface area contributed by atoms with Crippen molar-refractivity contribution in [3.63, 3.8) is 0 Å². The number of allylic oxidation sites excluding steroid dienone is 20. The molecule has 526 valence electrons. The van der Waals surface area contributed by atoms with E-state index in [1.807, 2.05) is 0 Å². The van der Waals surface area contributed by atoms with Crippen molar-refractivity contribution < 1.29 is 89.4 Å². The Hall–Kier alpha value is -3.81. The molecule has 3 saturated heterocycles. The number of hydrogen-bond acceptors (Lipinski definition) is 18. The number of carbonyl (C=O) groups excluding carboxylic acids is 1. The van der Waals surface area contributed by atoms with Crippen molar-refractivity contribution in [2.24, 2.45) is 0 Å². The summed E-state index contributed by atoms with van der Waals surface area (Å²) in [4.78, 5) is 13.3. The molecular weight excluding hydrogens is 1180 g/mol. The first-order valence-corrected chi connectivity index (χ1v) is 34.8. The predicted molar refractivity (Wildman–Crippen MR) is 360 cm³/mol. The molecule has 0 aromatic carbocycles. The maximum absolute atomic E-state index is 13.3. The molecule has 19 nitrogen and oxygen atoms in total. The van der Waals surface area contributed by atoms with Crippen LogP contribution in [0.15, 0.2) is 122 Å². The van der Waals surface area contributed by atoms with Crippen molar-refractivity contribution in [3.05, 3.63) is 122 Å². The first-order chi connectivity index (χ1) is 44.8. The second-order valence-electron chi connectivity index (χ2n) is 24.3. The van der Waals surface area contributed by atoms with Gasteiger partial charge in [-0.25, -0.2) is 0 Å². The fourth-order valence-electron chi connectivity index (χ4n) is 10.9. The van der Waals surface area contributed by atoms with Gasteiger partial charge in [-0.15, -0.1) is 0 Å². The Morgan fingerprint density at radius 2 is 0.750 bits per heavy atom. The third kappa shape index (κ3) is 34.7. The number of carbonyl (C=O) groups is 1. The lowest BCUT2D eigenvalue weighted by Crippen LogP contribution is -2.66. The number of ether oxygens (including phenoxy) is 6. The molecule has 0 radical (unpaired) electrons. The van der Waals surface area contributed by atoms with Crippen molar-refractivity contribution in [1.82, 2.24) is 5.32 Å². The minimum atomic E-state index is -1.98. The van der Waals surface area contributed by atoms with Crippen molar-refractivity contribution in [3.8, 4) is 0 Å². The average molecular weight is 1300 g/mol. The van der Waals surface area contributed by atoms with Crippen molar-refractivity contribution >= 4 is 5.91 Å². The van der Waals surface area contributed by atoms with Crippen LogP contribution in [-0.2, 0) is 33.2 Å². The van der Waals surface area contributed by atoms with Gasteiger partial charge in [0.05, 0.1) is 38.6 Å². The summed E-state index contributed by atoms with van der Waals surface area (Å²) in [5, 5.41) is 120. The fraction of sp³-hybridized carbons (Fsp3) is 0.712. The molecule has 0 bridgehead atoms. The third-order valence-electron chi connectivity index (χ3n) is 16.6. The second-order valence-corrected chi connectivity index (χ2v) is 24.3. The first kappa shape index (κ1) is 82.4. The Morgan fingerprint density at radius 3 is 1.17 bits per heavy atom. The molecule has 0 spiro atoms. The molecule has 17 atom stereocenters. The van der Waals surface area contributed by atoms with E-state index < -0.39 is 124 Å². The highest BCUT2D eigenvalue weighted by molar-refractivity contribution is 5.76. The first-order valence-electron chi connectivity index (χ1n) is 34.8. The Balaban J connectivity index is 1.31. The van der Waals surface area contributed by atoms with E-state index in [9.17, 15) is 61.0 Å². The van der Waals surface area contributed by atoms with Crippen LogP contribution in [0.1, 0.15) is 200 Å². The summed E-state index contributed by atoms with van der Waals surface area (Å²) in [6.45, 7) is 1.60. The van der Waals surface area contributed by atoms with Gasteiger partial charge >= 0.3 is 0 Å². The highest BCUT2D eigenvalue weighted by Crippen LogP contribution is 2.33. The zero-order valence-electron chi connectivity index (χ0n) is 55.5. The van der Waals surface area contributed by atoms with Crippen LogP contribution < -0.4 is 5.32 Å². The van der Waals surface area contributed by atoms with Crippen LogP contribution >= 0.6 is 0 Å². The van der Waals surface area contributed by atoms with Crippen LogP contribution in [0, 0.1) is 0 Å². The minimum Gasteiger partial charge on any atom is -0.394 e. The molecule has 3 aliphatic heterocycles. The highest BCUT2D eigenvalue weighted by atomic mass is 16.8. The smallest absolute Gasteiger partial charge is 0.220 e. The largest absolute Gasteiger partial charge is 0.394 e. The summed E-state index contributed by atoms with van der Waals surface area (Å²) in [5.41, 5.74) is 0. The van der Waals surface area contributed by atoms with Gasteiger partial charge in [-0.2, -0.15) is 0 Å². The average Bonchev–Trinajstić information content (AvgIpc) is 0.830. The molecule has 1 amide bonds. The summed E-state index contributed by atoms with van der Waals surface area (Å²) in [6, 6.07) is -0.897. The van der Waals surface area contributed by atoms with Crippen LogP contribution in [0.2, 0.25) is 0 Å². The zero-order chi connectivity index (χ0) is 66.8. The van der Waals surface area contributed by atoms with Gasteiger partial charge in [-0.3, -0.25) is 4.79 Å². The molecule has 17 unspecified atom stereocenters. The number of aliphatic hydroxyl groups is 11. The van der Waals surface area contributed by atoms with Crippen molar-refractivity contribution in [1.29, 1.82) is 0 Å². The number of amides is 1. The highest BCUT2D eigenvalue weighted by Gasteiger charge is 2.53. The van der Waals surface area contributed by atoms with Gasteiger partial charge in [0.2, 0.25) is 5.91 Å². The Labute approximate surface area is 550 Å². The lowest BCUT2D eigenvalue weighted by Gasteiger charge is -2.48. The van der Waals surface area contributed by atoms with Gasteiger partial charge in [0.1, 0.15) is 73.2 Å². The summed E-state index contributed by atoms with van der Waals surface area (Å²) < 4.78 is 34.3. The van der Waals surface area contributed by atoms with Gasteiger partial charge in [0.25, 0.3) is 0 Å². The van der Waals surface area contributed by atoms with E-state index in [4.69, 9.17) is 28.4 Å². The van der Waals surface area contributed by atoms with E-state index >= 15 is 0 Å². The lowest BCUT2D eigenvalue weighted by atomic mass is 9.96. The van der Waals surface area contributed by atoms with Gasteiger partial charge in [-0.1, -0.05) is 225 Å². The molecular formula is C73H121NO18. The van der Waals surface area contributed by atoms with Crippen LogP contribution in [0.3, 0.4) is 0 Å². The Kier molecular flexibility index (Phi) is 47.8. The van der Waals surface area contributed by atoms with Crippen LogP contribution in [0.5, 0.6) is 0 Å². The van der Waals surface area contributed by atoms with E-state index in [0.717, 1.165) is 141 Å². The third-order valence-corrected chi connectivity index (χ3v) is 16.6. The molecule has 0 aliphatic carbocycles. The molecule has 3 heterocycles. The summed E-state index contributed by atoms with van der Waals surface area (Å²) in [6.07, 6.45) is 46.1. The molecule has 0 aromatic heterocycles. The Morgan fingerprint density at radius 1 is 0.402 bits per heavy atom. The van der Waals surface area contributed by atoms with E-state index in [1.165, 1.54) is 25.7 Å². The minimum absolute atomic E-state index is 0.248. The van der Waals surface area contributed by atoms with Crippen LogP contribution in [0.25, 0.3) is 0 Å².